The Kier molecular flexibility index (Phi) is 7.12. The molecule has 0 bridgehead atoms. The van der Waals surface area contributed by atoms with Gasteiger partial charge in [-0.1, -0.05) is 31.5 Å². The number of hydrogen-bond acceptors (Lipinski definition) is 5. The predicted octanol–water partition coefficient (Wildman–Crippen LogP) is 3.94. The van der Waals surface area contributed by atoms with Crippen LogP contribution >= 0.6 is 23.7 Å². The van der Waals surface area contributed by atoms with Gasteiger partial charge in [-0.15, -0.1) is 23.7 Å². The summed E-state index contributed by atoms with van der Waals surface area (Å²) in [5.74, 6) is 0.650. The van der Waals surface area contributed by atoms with Crippen molar-refractivity contribution in [3.8, 4) is 5.69 Å². The van der Waals surface area contributed by atoms with Gasteiger partial charge in [-0.2, -0.15) is 5.10 Å². The number of benzene rings is 1. The number of nitrogens with zero attached hydrogens (tertiary/aromatic N) is 3. The molecule has 8 heteroatoms. The molecule has 0 unspecified atom stereocenters. The Morgan fingerprint density at radius 2 is 2.00 bits per heavy atom. The van der Waals surface area contributed by atoms with E-state index in [0.717, 1.165) is 16.4 Å². The molecule has 1 amide bonds. The molecule has 27 heavy (non-hydrogen) atoms. The Bertz CT molecular complexity index is 901. The normalized spacial score (nSPS) is 10.7. The number of carbonyl (C=O) groups is 1. The second-order valence-corrected chi connectivity index (χ2v) is 7.42. The van der Waals surface area contributed by atoms with Crippen LogP contribution in [0.25, 0.3) is 5.69 Å². The van der Waals surface area contributed by atoms with E-state index in [-0.39, 0.29) is 24.2 Å². The number of hydrogen-bond donors (Lipinski definition) is 2. The van der Waals surface area contributed by atoms with Gasteiger partial charge in [-0.05, 0) is 31.5 Å². The molecule has 2 aromatic heterocycles. The largest absolute Gasteiger partial charge is 0.330 e. The quantitative estimate of drug-likeness (QED) is 0.650. The average Bonchev–Trinajstić information content (AvgIpc) is 3.23. The van der Waals surface area contributed by atoms with E-state index in [1.54, 1.807) is 10.1 Å². The molecule has 144 valence electrons. The first-order valence-corrected chi connectivity index (χ1v) is 9.48. The van der Waals surface area contributed by atoms with Gasteiger partial charge in [-0.25, -0.2) is 9.67 Å². The lowest BCUT2D eigenvalue weighted by Crippen LogP contribution is -2.15. The van der Waals surface area contributed by atoms with E-state index >= 15 is 0 Å². The summed E-state index contributed by atoms with van der Waals surface area (Å²) < 4.78 is 1.76. The third kappa shape index (κ3) is 4.94. The molecule has 2 heterocycles. The van der Waals surface area contributed by atoms with Crippen LogP contribution in [0.4, 0.5) is 5.82 Å². The van der Waals surface area contributed by atoms with Crippen LogP contribution in [-0.2, 0) is 6.42 Å². The maximum absolute atomic E-state index is 12.6. The molecule has 0 radical (unpaired) electrons. The third-order valence-corrected chi connectivity index (χ3v) is 4.89. The minimum atomic E-state index is -0.243. The zero-order valence-electron chi connectivity index (χ0n) is 15.6. The van der Waals surface area contributed by atoms with Crippen molar-refractivity contribution in [3.63, 3.8) is 0 Å². The van der Waals surface area contributed by atoms with Gasteiger partial charge >= 0.3 is 0 Å². The third-order valence-electron chi connectivity index (χ3n) is 3.98. The summed E-state index contributed by atoms with van der Waals surface area (Å²) in [5, 5.41) is 10.2. The van der Waals surface area contributed by atoms with Crippen LogP contribution in [-0.4, -0.2) is 27.2 Å². The van der Waals surface area contributed by atoms with E-state index in [1.807, 2.05) is 37.3 Å². The molecule has 0 saturated heterocycles. The van der Waals surface area contributed by atoms with Gasteiger partial charge in [0.05, 0.1) is 16.4 Å². The van der Waals surface area contributed by atoms with Crippen LogP contribution in [0.3, 0.4) is 0 Å². The Labute approximate surface area is 169 Å². The zero-order valence-corrected chi connectivity index (χ0v) is 17.2. The SMILES string of the molecule is Cc1ccc(-n2nc(C(C)C)cc2NC(=O)c2csc(CCN)n2)cc1.Cl. The Morgan fingerprint density at radius 1 is 1.30 bits per heavy atom. The molecule has 0 spiro atoms. The summed E-state index contributed by atoms with van der Waals surface area (Å²) in [4.78, 5) is 17.0. The van der Waals surface area contributed by atoms with Crippen LogP contribution in [0.1, 0.15) is 46.5 Å². The van der Waals surface area contributed by atoms with Crippen molar-refractivity contribution in [3.05, 3.63) is 57.7 Å². The van der Waals surface area contributed by atoms with E-state index in [2.05, 4.69) is 29.2 Å². The van der Waals surface area contributed by atoms with Crippen molar-refractivity contribution in [2.24, 2.45) is 5.73 Å². The molecule has 0 atom stereocenters. The number of thiazole rings is 1. The van der Waals surface area contributed by atoms with Crippen molar-refractivity contribution < 1.29 is 4.79 Å². The van der Waals surface area contributed by atoms with Gasteiger partial charge < -0.3 is 11.1 Å². The summed E-state index contributed by atoms with van der Waals surface area (Å²) >= 11 is 1.45. The summed E-state index contributed by atoms with van der Waals surface area (Å²) in [6.45, 7) is 6.71. The lowest BCUT2D eigenvalue weighted by Gasteiger charge is -2.08. The van der Waals surface area contributed by atoms with E-state index in [9.17, 15) is 4.79 Å². The number of nitrogens with one attached hydrogen (secondary N) is 1. The van der Waals surface area contributed by atoms with Crippen molar-refractivity contribution in [2.45, 2.75) is 33.1 Å². The molecule has 3 N–H and O–H groups in total. The van der Waals surface area contributed by atoms with Gasteiger partial charge in [0.1, 0.15) is 11.5 Å². The van der Waals surface area contributed by atoms with Gasteiger partial charge in [0.15, 0.2) is 0 Å². The van der Waals surface area contributed by atoms with Crippen LogP contribution in [0, 0.1) is 6.92 Å². The fourth-order valence-corrected chi connectivity index (χ4v) is 3.28. The molecule has 0 saturated carbocycles. The molecule has 0 aliphatic rings. The standard InChI is InChI=1S/C19H23N5OS.ClH/c1-12(2)15-10-17(24(23-15)14-6-4-13(3)5-7-14)22-19(25)16-11-26-18(21-16)8-9-20;/h4-7,10-12H,8-9,20H2,1-3H3,(H,22,25);1H. The number of nitrogens with two attached hydrogens (primary N) is 1. The van der Waals surface area contributed by atoms with E-state index in [0.29, 0.717) is 24.5 Å². The molecule has 1 aromatic carbocycles. The highest BCUT2D eigenvalue weighted by molar-refractivity contribution is 7.09. The Morgan fingerprint density at radius 3 is 2.63 bits per heavy atom. The molecule has 0 fully saturated rings. The number of aryl methyl sites for hydroxylation is 1. The smallest absolute Gasteiger partial charge is 0.276 e. The summed E-state index contributed by atoms with van der Waals surface area (Å²) in [6, 6.07) is 9.94. The van der Waals surface area contributed by atoms with E-state index in [4.69, 9.17) is 5.73 Å². The molecule has 6 nitrogen and oxygen atoms in total. The van der Waals surface area contributed by atoms with Crippen LogP contribution in [0.15, 0.2) is 35.7 Å². The average molecular weight is 406 g/mol. The van der Waals surface area contributed by atoms with Gasteiger partial charge in [-0.3, -0.25) is 4.79 Å². The van der Waals surface area contributed by atoms with Crippen molar-refractivity contribution in [1.82, 2.24) is 14.8 Å². The van der Waals surface area contributed by atoms with E-state index < -0.39 is 0 Å². The molecular formula is C19H24ClN5OS. The summed E-state index contributed by atoms with van der Waals surface area (Å²) in [5.41, 5.74) is 8.95. The molecular weight excluding hydrogens is 382 g/mol. The first kappa shape index (κ1) is 21.1. The van der Waals surface area contributed by atoms with Gasteiger partial charge in [0, 0.05) is 17.9 Å². The monoisotopic (exact) mass is 405 g/mol. The van der Waals surface area contributed by atoms with Gasteiger partial charge in [0.2, 0.25) is 0 Å². The highest BCUT2D eigenvalue weighted by Gasteiger charge is 2.17. The Hall–Kier alpha value is -2.22. The minimum absolute atomic E-state index is 0. The van der Waals surface area contributed by atoms with Crippen LogP contribution in [0.2, 0.25) is 0 Å². The lowest BCUT2D eigenvalue weighted by atomic mass is 10.1. The van der Waals surface area contributed by atoms with Crippen molar-refractivity contribution in [1.29, 1.82) is 0 Å². The molecule has 0 aliphatic heterocycles. The molecule has 0 aliphatic carbocycles. The number of carbonyl (C=O) groups excluding carboxylic acids is 1. The minimum Gasteiger partial charge on any atom is -0.330 e. The Balaban J connectivity index is 0.00000261. The summed E-state index contributed by atoms with van der Waals surface area (Å²) in [7, 11) is 0. The van der Waals surface area contributed by atoms with Gasteiger partial charge in [0.25, 0.3) is 5.91 Å². The summed E-state index contributed by atoms with van der Waals surface area (Å²) in [6.07, 6.45) is 0.677. The maximum atomic E-state index is 12.6. The maximum Gasteiger partial charge on any atom is 0.276 e. The van der Waals surface area contributed by atoms with Crippen molar-refractivity contribution in [2.75, 3.05) is 11.9 Å². The highest BCUT2D eigenvalue weighted by Crippen LogP contribution is 2.23. The number of halogens is 1. The van der Waals surface area contributed by atoms with E-state index in [1.165, 1.54) is 16.9 Å². The first-order valence-electron chi connectivity index (χ1n) is 8.60. The molecule has 3 rings (SSSR count). The fraction of sp³-hybridized carbons (Fsp3) is 0.316. The number of anilines is 1. The highest BCUT2D eigenvalue weighted by atomic mass is 35.5. The molecule has 3 aromatic rings. The first-order chi connectivity index (χ1) is 12.5. The predicted molar refractivity (Wildman–Crippen MR) is 112 cm³/mol. The fourth-order valence-electron chi connectivity index (χ4n) is 2.49. The number of rotatable bonds is 6. The van der Waals surface area contributed by atoms with Crippen LogP contribution < -0.4 is 11.1 Å². The second kappa shape index (κ2) is 9.12. The number of aromatic nitrogens is 3. The van der Waals surface area contributed by atoms with Crippen molar-refractivity contribution >= 4 is 35.5 Å². The lowest BCUT2D eigenvalue weighted by molar-refractivity contribution is 0.102. The van der Waals surface area contributed by atoms with Crippen LogP contribution in [0.5, 0.6) is 0 Å². The number of amides is 1. The zero-order chi connectivity index (χ0) is 18.7. The second-order valence-electron chi connectivity index (χ2n) is 6.48. The topological polar surface area (TPSA) is 85.8 Å².